The lowest BCUT2D eigenvalue weighted by molar-refractivity contribution is 0.0299. The van der Waals surface area contributed by atoms with Crippen LogP contribution in [0.2, 0.25) is 0 Å². The number of nitrogens with zero attached hydrogens (tertiary/aromatic N) is 6. The molecule has 0 saturated carbocycles. The summed E-state index contributed by atoms with van der Waals surface area (Å²) in [6.07, 6.45) is 12.2. The molecule has 0 spiro atoms. The Morgan fingerprint density at radius 3 is 1.70 bits per heavy atom. The number of hydrogen-bond acceptors (Lipinski definition) is 8. The van der Waals surface area contributed by atoms with Crippen molar-refractivity contribution >= 4 is 11.9 Å². The summed E-state index contributed by atoms with van der Waals surface area (Å²) in [5, 5.41) is 0. The molecule has 182 valence electrons. The molecule has 0 N–H and O–H groups in total. The molecule has 2 aromatic rings. The van der Waals surface area contributed by atoms with Crippen LogP contribution in [-0.2, 0) is 9.47 Å². The third-order valence-electron chi connectivity index (χ3n) is 6.02. The zero-order chi connectivity index (χ0) is 23.8. The van der Waals surface area contributed by atoms with Gasteiger partial charge in [-0.2, -0.15) is 0 Å². The Morgan fingerprint density at radius 2 is 1.24 bits per heavy atom. The fraction of sp³-hybridized carbons (Fsp3) is 0.680. The highest BCUT2D eigenvalue weighted by Crippen LogP contribution is 2.30. The van der Waals surface area contributed by atoms with E-state index in [4.69, 9.17) is 9.47 Å². The zero-order valence-corrected chi connectivity index (χ0v) is 21.1. The molecule has 2 aromatic heterocycles. The number of rotatable bonds is 2. The van der Waals surface area contributed by atoms with Crippen LogP contribution in [0.3, 0.4) is 0 Å². The summed E-state index contributed by atoms with van der Waals surface area (Å²) >= 11 is 0. The normalized spacial score (nSPS) is 26.5. The molecule has 0 radical (unpaired) electrons. The van der Waals surface area contributed by atoms with Crippen molar-refractivity contribution in [1.82, 2.24) is 19.9 Å². The molecular weight excluding hydrogens is 416 g/mol. The first-order chi connectivity index (χ1) is 16.1. The van der Waals surface area contributed by atoms with Crippen LogP contribution in [0.4, 0.5) is 11.9 Å². The van der Waals surface area contributed by atoms with Crippen molar-refractivity contribution in [3.05, 3.63) is 35.9 Å². The van der Waals surface area contributed by atoms with Crippen molar-refractivity contribution in [2.45, 2.75) is 85.2 Å². The molecule has 0 amide bonds. The average molecular weight is 457 g/mol. The Hall–Kier alpha value is -2.32. The third kappa shape index (κ3) is 6.38. The van der Waals surface area contributed by atoms with Gasteiger partial charge in [0.15, 0.2) is 0 Å². The summed E-state index contributed by atoms with van der Waals surface area (Å²) in [6, 6.07) is 0.503. The SMILES string of the molecule is CC.CC.Cc1cnc(N2CC3CC2CO3)nc1.Cc1cnc(N2CC3CCC(C2)O3)nc1. The van der Waals surface area contributed by atoms with Crippen molar-refractivity contribution in [3.63, 3.8) is 0 Å². The first-order valence-electron chi connectivity index (χ1n) is 12.5. The lowest BCUT2D eigenvalue weighted by Crippen LogP contribution is -2.43. The highest BCUT2D eigenvalue weighted by atomic mass is 16.5. The second-order valence-electron chi connectivity index (χ2n) is 8.48. The van der Waals surface area contributed by atoms with Gasteiger partial charge in [-0.1, -0.05) is 27.7 Å². The average Bonchev–Trinajstić information content (AvgIpc) is 3.59. The van der Waals surface area contributed by atoms with E-state index in [-0.39, 0.29) is 0 Å². The minimum absolute atomic E-state index is 0.397. The molecular formula is C25H40N6O2. The van der Waals surface area contributed by atoms with Crippen LogP contribution in [0, 0.1) is 13.8 Å². The summed E-state index contributed by atoms with van der Waals surface area (Å²) < 4.78 is 11.3. The number of aromatic nitrogens is 4. The fourth-order valence-electron chi connectivity index (χ4n) is 4.51. The summed E-state index contributed by atoms with van der Waals surface area (Å²) in [5.74, 6) is 1.70. The van der Waals surface area contributed by atoms with Crippen LogP contribution in [0.1, 0.15) is 58.1 Å². The van der Waals surface area contributed by atoms with Gasteiger partial charge in [0, 0.05) is 44.4 Å². The van der Waals surface area contributed by atoms with E-state index in [1.807, 2.05) is 66.3 Å². The smallest absolute Gasteiger partial charge is 0.225 e. The molecule has 6 rings (SSSR count). The highest BCUT2D eigenvalue weighted by molar-refractivity contribution is 5.35. The van der Waals surface area contributed by atoms with Crippen LogP contribution in [-0.4, -0.2) is 70.5 Å². The molecule has 4 fully saturated rings. The maximum atomic E-state index is 5.78. The Morgan fingerprint density at radius 1 is 0.727 bits per heavy atom. The second kappa shape index (κ2) is 12.2. The number of aryl methyl sites for hydroxylation is 2. The van der Waals surface area contributed by atoms with E-state index in [2.05, 4.69) is 29.7 Å². The number of hydrogen-bond donors (Lipinski definition) is 0. The quantitative estimate of drug-likeness (QED) is 0.672. The number of fused-ring (bicyclic) bond motifs is 4. The molecule has 4 saturated heterocycles. The summed E-state index contributed by atoms with van der Waals surface area (Å²) in [4.78, 5) is 21.9. The van der Waals surface area contributed by atoms with Gasteiger partial charge in [0.25, 0.3) is 0 Å². The summed E-state index contributed by atoms with van der Waals surface area (Å²) in [6.45, 7) is 15.7. The topological polar surface area (TPSA) is 76.5 Å². The standard InChI is InChI=1S/C11H15N3O.C10H13N3O.2C2H6/c1-8-4-12-11(13-5-8)14-6-9-2-3-10(7-14)15-9;1-7-3-11-10(12-4-7)13-5-9-2-8(13)6-14-9;2*1-2/h4-5,9-10H,2-3,6-7H2,1H3;3-4,8-9H,2,5-6H2,1H3;2*1-2H3. The largest absolute Gasteiger partial charge is 0.374 e. The predicted molar refractivity (Wildman–Crippen MR) is 132 cm³/mol. The zero-order valence-electron chi connectivity index (χ0n) is 21.1. The Balaban J connectivity index is 0.000000162. The van der Waals surface area contributed by atoms with E-state index in [9.17, 15) is 0 Å². The van der Waals surface area contributed by atoms with Crippen LogP contribution < -0.4 is 9.80 Å². The number of morpholine rings is 2. The first kappa shape index (κ1) is 25.3. The molecule has 8 heteroatoms. The van der Waals surface area contributed by atoms with Gasteiger partial charge in [-0.05, 0) is 44.2 Å². The lowest BCUT2D eigenvalue weighted by atomic mass is 10.2. The summed E-state index contributed by atoms with van der Waals surface area (Å²) in [5.41, 5.74) is 2.21. The van der Waals surface area contributed by atoms with E-state index < -0.39 is 0 Å². The third-order valence-corrected chi connectivity index (χ3v) is 6.02. The monoisotopic (exact) mass is 456 g/mol. The van der Waals surface area contributed by atoms with Crippen molar-refractivity contribution in [2.75, 3.05) is 36.0 Å². The van der Waals surface area contributed by atoms with Gasteiger partial charge in [0.05, 0.1) is 31.0 Å². The Labute approximate surface area is 198 Å². The van der Waals surface area contributed by atoms with Gasteiger partial charge in [0.1, 0.15) is 0 Å². The van der Waals surface area contributed by atoms with E-state index in [1.165, 1.54) is 12.8 Å². The van der Waals surface area contributed by atoms with Crippen molar-refractivity contribution in [3.8, 4) is 0 Å². The molecule has 4 aliphatic heterocycles. The molecule has 8 nitrogen and oxygen atoms in total. The lowest BCUT2D eigenvalue weighted by Gasteiger charge is -2.31. The van der Waals surface area contributed by atoms with Gasteiger partial charge in [-0.3, -0.25) is 0 Å². The molecule has 0 aliphatic carbocycles. The van der Waals surface area contributed by atoms with E-state index >= 15 is 0 Å². The van der Waals surface area contributed by atoms with Gasteiger partial charge >= 0.3 is 0 Å². The van der Waals surface area contributed by atoms with Crippen molar-refractivity contribution in [2.24, 2.45) is 0 Å². The molecule has 33 heavy (non-hydrogen) atoms. The van der Waals surface area contributed by atoms with Gasteiger partial charge < -0.3 is 19.3 Å². The first-order valence-corrected chi connectivity index (χ1v) is 12.5. The van der Waals surface area contributed by atoms with Crippen LogP contribution in [0.5, 0.6) is 0 Å². The van der Waals surface area contributed by atoms with E-state index in [0.29, 0.717) is 24.4 Å². The minimum Gasteiger partial charge on any atom is -0.374 e. The van der Waals surface area contributed by atoms with Crippen LogP contribution >= 0.6 is 0 Å². The molecule has 0 aromatic carbocycles. The second-order valence-corrected chi connectivity index (χ2v) is 8.48. The Kier molecular flexibility index (Phi) is 9.38. The van der Waals surface area contributed by atoms with Gasteiger partial charge in [-0.15, -0.1) is 0 Å². The van der Waals surface area contributed by atoms with Gasteiger partial charge in [0.2, 0.25) is 11.9 Å². The van der Waals surface area contributed by atoms with E-state index in [1.54, 1.807) is 0 Å². The molecule has 4 aliphatic rings. The maximum absolute atomic E-state index is 5.78. The van der Waals surface area contributed by atoms with Crippen LogP contribution in [0.25, 0.3) is 0 Å². The molecule has 4 unspecified atom stereocenters. The van der Waals surface area contributed by atoms with Gasteiger partial charge in [-0.25, -0.2) is 19.9 Å². The highest BCUT2D eigenvalue weighted by Gasteiger charge is 2.40. The van der Waals surface area contributed by atoms with Crippen molar-refractivity contribution < 1.29 is 9.47 Å². The molecule has 6 heterocycles. The molecule has 4 atom stereocenters. The maximum Gasteiger partial charge on any atom is 0.225 e. The number of anilines is 2. The van der Waals surface area contributed by atoms with Crippen LogP contribution in [0.15, 0.2) is 24.8 Å². The fourth-order valence-corrected chi connectivity index (χ4v) is 4.51. The Bertz CT molecular complexity index is 820. The molecule has 4 bridgehead atoms. The summed E-state index contributed by atoms with van der Waals surface area (Å²) in [7, 11) is 0. The number of ether oxygens (including phenoxy) is 2. The van der Waals surface area contributed by atoms with E-state index in [0.717, 1.165) is 55.7 Å². The van der Waals surface area contributed by atoms with Crippen molar-refractivity contribution in [1.29, 1.82) is 0 Å². The predicted octanol–water partition coefficient (Wildman–Crippen LogP) is 3.97. The minimum atomic E-state index is 0.397.